The lowest BCUT2D eigenvalue weighted by molar-refractivity contribution is 0.217. The fourth-order valence-corrected chi connectivity index (χ4v) is 2.37. The van der Waals surface area contributed by atoms with E-state index in [9.17, 15) is 8.42 Å². The Labute approximate surface area is 120 Å². The Balaban J connectivity index is 2.71. The molecule has 0 aliphatic heterocycles. The quantitative estimate of drug-likeness (QED) is 0.718. The van der Waals surface area contributed by atoms with Crippen LogP contribution in [0.2, 0.25) is 0 Å². The van der Waals surface area contributed by atoms with Gasteiger partial charge in [0.1, 0.15) is 0 Å². The van der Waals surface area contributed by atoms with Crippen molar-refractivity contribution in [2.75, 3.05) is 26.1 Å². The second-order valence-corrected chi connectivity index (χ2v) is 5.99. The smallest absolute Gasteiger partial charge is 0.214 e. The van der Waals surface area contributed by atoms with Gasteiger partial charge in [0.25, 0.3) is 0 Å². The molecule has 0 aromatic heterocycles. The van der Waals surface area contributed by atoms with E-state index >= 15 is 0 Å². The number of hydrogen-bond acceptors (Lipinski definition) is 4. The number of nitrogens with one attached hydrogen (secondary N) is 1. The summed E-state index contributed by atoms with van der Waals surface area (Å²) in [4.78, 5) is 0. The first kappa shape index (κ1) is 16.7. The third-order valence-electron chi connectivity index (χ3n) is 2.52. The maximum Gasteiger partial charge on any atom is 0.214 e. The van der Waals surface area contributed by atoms with Gasteiger partial charge in [0.2, 0.25) is 10.0 Å². The Morgan fingerprint density at radius 3 is 2.80 bits per heavy atom. The van der Waals surface area contributed by atoms with Crippen LogP contribution in [0.3, 0.4) is 0 Å². The molecule has 1 aromatic rings. The Bertz CT molecular complexity index is 572. The zero-order valence-corrected chi connectivity index (χ0v) is 12.2. The fraction of sp³-hybridized carbons (Fsp3) is 0.429. The largest absolute Gasteiger partial charge is 0.395 e. The Kier molecular flexibility index (Phi) is 7.26. The van der Waals surface area contributed by atoms with Gasteiger partial charge in [0.15, 0.2) is 0 Å². The van der Waals surface area contributed by atoms with E-state index in [1.165, 1.54) is 7.11 Å². The van der Waals surface area contributed by atoms with Gasteiger partial charge in [-0.15, -0.1) is 0 Å². The van der Waals surface area contributed by atoms with Crippen LogP contribution in [0.25, 0.3) is 0 Å². The van der Waals surface area contributed by atoms with Crippen LogP contribution in [0.1, 0.15) is 17.5 Å². The molecule has 6 heteroatoms. The van der Waals surface area contributed by atoms with Crippen molar-refractivity contribution < 1.29 is 18.3 Å². The maximum atomic E-state index is 11.7. The fourth-order valence-electron chi connectivity index (χ4n) is 1.46. The van der Waals surface area contributed by atoms with Gasteiger partial charge in [-0.05, 0) is 11.6 Å². The van der Waals surface area contributed by atoms with Crippen molar-refractivity contribution in [2.24, 2.45) is 0 Å². The average molecular weight is 297 g/mol. The zero-order valence-electron chi connectivity index (χ0n) is 11.4. The van der Waals surface area contributed by atoms with Gasteiger partial charge in [0, 0.05) is 25.6 Å². The predicted molar refractivity (Wildman–Crippen MR) is 77.5 cm³/mol. The van der Waals surface area contributed by atoms with Crippen molar-refractivity contribution in [3.05, 3.63) is 35.4 Å². The Morgan fingerprint density at radius 2 is 2.10 bits per heavy atom. The second-order valence-electron chi connectivity index (χ2n) is 4.07. The SMILES string of the molecule is COCCS(=O)(=O)NCc1ccccc1C#CCCO. The van der Waals surface area contributed by atoms with Gasteiger partial charge in [-0.25, -0.2) is 13.1 Å². The number of methoxy groups -OCH3 is 1. The van der Waals surface area contributed by atoms with Gasteiger partial charge in [0.05, 0.1) is 19.0 Å². The van der Waals surface area contributed by atoms with E-state index in [1.807, 2.05) is 24.3 Å². The molecule has 0 saturated heterocycles. The summed E-state index contributed by atoms with van der Waals surface area (Å²) >= 11 is 0. The molecule has 110 valence electrons. The number of sulfonamides is 1. The highest BCUT2D eigenvalue weighted by molar-refractivity contribution is 7.89. The number of aliphatic hydroxyl groups is 1. The summed E-state index contributed by atoms with van der Waals surface area (Å²) in [6.45, 7) is 0.363. The highest BCUT2D eigenvalue weighted by Crippen LogP contribution is 2.07. The molecule has 1 rings (SSSR count). The topological polar surface area (TPSA) is 75.6 Å². The van der Waals surface area contributed by atoms with Crippen LogP contribution >= 0.6 is 0 Å². The molecule has 0 spiro atoms. The molecule has 20 heavy (non-hydrogen) atoms. The van der Waals surface area contributed by atoms with E-state index < -0.39 is 10.0 Å². The van der Waals surface area contributed by atoms with Crippen molar-refractivity contribution in [1.82, 2.24) is 4.72 Å². The molecular formula is C14H19NO4S. The lowest BCUT2D eigenvalue weighted by atomic mass is 10.1. The molecule has 0 amide bonds. The molecule has 0 bridgehead atoms. The number of hydrogen-bond donors (Lipinski definition) is 2. The standard InChI is InChI=1S/C14H19NO4S/c1-19-10-11-20(17,18)15-12-14-8-3-2-6-13(14)7-4-5-9-16/h2-3,6,8,15-16H,5,9-12H2,1H3. The third kappa shape index (κ3) is 6.17. The maximum absolute atomic E-state index is 11.7. The second kappa shape index (κ2) is 8.72. The first-order valence-electron chi connectivity index (χ1n) is 6.23. The molecular weight excluding hydrogens is 278 g/mol. The van der Waals surface area contributed by atoms with E-state index in [-0.39, 0.29) is 25.5 Å². The van der Waals surface area contributed by atoms with Crippen LogP contribution in [0.5, 0.6) is 0 Å². The summed E-state index contributed by atoms with van der Waals surface area (Å²) in [6, 6.07) is 7.31. The minimum absolute atomic E-state index is 0.0127. The summed E-state index contributed by atoms with van der Waals surface area (Å²) in [6.07, 6.45) is 0.397. The van der Waals surface area contributed by atoms with Crippen LogP contribution in [0.15, 0.2) is 24.3 Å². The first-order chi connectivity index (χ1) is 9.59. The molecule has 0 aliphatic carbocycles. The lowest BCUT2D eigenvalue weighted by Gasteiger charge is -2.08. The molecule has 1 aromatic carbocycles. The van der Waals surface area contributed by atoms with Crippen LogP contribution in [0.4, 0.5) is 0 Å². The molecule has 0 heterocycles. The van der Waals surface area contributed by atoms with Crippen molar-refractivity contribution in [1.29, 1.82) is 0 Å². The number of benzene rings is 1. The van der Waals surface area contributed by atoms with Gasteiger partial charge in [-0.2, -0.15) is 0 Å². The van der Waals surface area contributed by atoms with E-state index in [2.05, 4.69) is 16.6 Å². The molecule has 0 aliphatic rings. The van der Waals surface area contributed by atoms with Gasteiger partial charge >= 0.3 is 0 Å². The van der Waals surface area contributed by atoms with Crippen molar-refractivity contribution in [3.63, 3.8) is 0 Å². The summed E-state index contributed by atoms with van der Waals surface area (Å²) < 4.78 is 30.6. The highest BCUT2D eigenvalue weighted by Gasteiger charge is 2.10. The number of ether oxygens (including phenoxy) is 1. The first-order valence-corrected chi connectivity index (χ1v) is 7.88. The van der Waals surface area contributed by atoms with Gasteiger partial charge in [-0.1, -0.05) is 30.0 Å². The zero-order chi connectivity index (χ0) is 14.8. The molecule has 2 N–H and O–H groups in total. The van der Waals surface area contributed by atoms with Gasteiger partial charge in [-0.3, -0.25) is 0 Å². The number of rotatable bonds is 7. The van der Waals surface area contributed by atoms with Crippen LogP contribution in [-0.4, -0.2) is 39.6 Å². The van der Waals surface area contributed by atoms with Crippen LogP contribution in [0, 0.1) is 11.8 Å². The van der Waals surface area contributed by atoms with Crippen molar-refractivity contribution in [2.45, 2.75) is 13.0 Å². The van der Waals surface area contributed by atoms with Gasteiger partial charge < -0.3 is 9.84 Å². The minimum Gasteiger partial charge on any atom is -0.395 e. The molecule has 0 fully saturated rings. The van der Waals surface area contributed by atoms with Crippen LogP contribution in [-0.2, 0) is 21.3 Å². The molecule has 0 atom stereocenters. The summed E-state index contributed by atoms with van der Waals surface area (Å²) in [5.41, 5.74) is 1.56. The molecule has 0 unspecified atom stereocenters. The highest BCUT2D eigenvalue weighted by atomic mass is 32.2. The normalized spacial score (nSPS) is 10.9. The Morgan fingerprint density at radius 1 is 1.35 bits per heavy atom. The van der Waals surface area contributed by atoms with Crippen LogP contribution < -0.4 is 4.72 Å². The van der Waals surface area contributed by atoms with E-state index in [4.69, 9.17) is 9.84 Å². The summed E-state index contributed by atoms with van der Waals surface area (Å²) in [7, 11) is -1.89. The van der Waals surface area contributed by atoms with E-state index in [1.54, 1.807) is 0 Å². The predicted octanol–water partition coefficient (Wildman–Crippen LogP) is 0.486. The summed E-state index contributed by atoms with van der Waals surface area (Å²) in [5.74, 6) is 5.68. The lowest BCUT2D eigenvalue weighted by Crippen LogP contribution is -2.28. The summed E-state index contributed by atoms with van der Waals surface area (Å²) in [5, 5.41) is 8.70. The van der Waals surface area contributed by atoms with Crippen molar-refractivity contribution in [3.8, 4) is 11.8 Å². The average Bonchev–Trinajstić information content (AvgIpc) is 2.44. The van der Waals surface area contributed by atoms with E-state index in [0.717, 1.165) is 11.1 Å². The number of aliphatic hydroxyl groups excluding tert-OH is 1. The minimum atomic E-state index is -3.35. The van der Waals surface area contributed by atoms with E-state index in [0.29, 0.717) is 6.42 Å². The molecule has 5 nitrogen and oxygen atoms in total. The van der Waals surface area contributed by atoms with Crippen molar-refractivity contribution >= 4 is 10.0 Å². The third-order valence-corrected chi connectivity index (χ3v) is 3.80. The Hall–Kier alpha value is -1.39. The monoisotopic (exact) mass is 297 g/mol. The molecule has 0 saturated carbocycles. The molecule has 0 radical (unpaired) electrons.